The van der Waals surface area contributed by atoms with E-state index in [0.717, 1.165) is 16.3 Å². The Labute approximate surface area is 227 Å². The van der Waals surface area contributed by atoms with Gasteiger partial charge in [0.25, 0.3) is 11.6 Å². The number of non-ortho nitro benzene ring substituents is 1. The number of amidine groups is 1. The first kappa shape index (κ1) is 25.7. The number of anilines is 1. The van der Waals surface area contributed by atoms with Gasteiger partial charge in [-0.1, -0.05) is 36.4 Å². The third-order valence-electron chi connectivity index (χ3n) is 5.89. The molecule has 1 aliphatic heterocycles. The smallest absolute Gasteiger partial charge is 0.307 e. The Balaban J connectivity index is 1.35. The van der Waals surface area contributed by atoms with Crippen LogP contribution in [-0.4, -0.2) is 27.1 Å². The van der Waals surface area contributed by atoms with Crippen molar-refractivity contribution >= 4 is 57.0 Å². The summed E-state index contributed by atoms with van der Waals surface area (Å²) < 4.78 is 6.11. The zero-order valence-corrected chi connectivity index (χ0v) is 21.2. The highest BCUT2D eigenvalue weighted by Crippen LogP contribution is 2.34. The van der Waals surface area contributed by atoms with Crippen LogP contribution in [0.15, 0.2) is 94.8 Å². The molecule has 10 heteroatoms. The number of nitrogens with one attached hydrogen (secondary N) is 1. The number of aliphatic imine (C=N–C) groups is 1. The summed E-state index contributed by atoms with van der Waals surface area (Å²) >= 11 is 1.19. The lowest BCUT2D eigenvalue weighted by molar-refractivity contribution is -0.384. The molecule has 0 atom stereocenters. The Bertz CT molecular complexity index is 1650. The minimum absolute atomic E-state index is 0.00673. The summed E-state index contributed by atoms with van der Waals surface area (Å²) in [7, 11) is 0. The molecule has 1 aliphatic rings. The lowest BCUT2D eigenvalue weighted by atomic mass is 10.1. The van der Waals surface area contributed by atoms with Gasteiger partial charge in [-0.15, -0.1) is 0 Å². The van der Waals surface area contributed by atoms with Crippen LogP contribution in [0.25, 0.3) is 16.8 Å². The minimum atomic E-state index is -0.906. The van der Waals surface area contributed by atoms with Gasteiger partial charge in [-0.3, -0.25) is 19.7 Å². The van der Waals surface area contributed by atoms with E-state index in [1.165, 1.54) is 23.9 Å². The number of carbonyl (C=O) groups is 2. The number of carbonyl (C=O) groups excluding carboxylic acids is 1. The molecular weight excluding hydrogens is 518 g/mol. The highest BCUT2D eigenvalue weighted by Gasteiger charge is 2.23. The summed E-state index contributed by atoms with van der Waals surface area (Å²) in [6, 6.07) is 24.7. The second-order valence-corrected chi connectivity index (χ2v) is 9.71. The second-order valence-electron chi connectivity index (χ2n) is 8.67. The molecule has 0 saturated heterocycles. The molecule has 0 unspecified atom stereocenters. The van der Waals surface area contributed by atoms with Crippen molar-refractivity contribution in [3.8, 4) is 5.75 Å². The molecule has 9 nitrogen and oxygen atoms in total. The van der Waals surface area contributed by atoms with Crippen molar-refractivity contribution in [2.24, 2.45) is 4.99 Å². The number of ether oxygens (including phenoxy) is 1. The number of nitrogens with zero attached hydrogens (tertiary/aromatic N) is 2. The van der Waals surface area contributed by atoms with Crippen LogP contribution in [0.1, 0.15) is 16.7 Å². The molecule has 1 heterocycles. The first-order chi connectivity index (χ1) is 18.8. The van der Waals surface area contributed by atoms with Crippen molar-refractivity contribution in [3.63, 3.8) is 0 Å². The van der Waals surface area contributed by atoms with Gasteiger partial charge in [-0.25, -0.2) is 0 Å². The van der Waals surface area contributed by atoms with Crippen LogP contribution >= 0.6 is 11.8 Å². The lowest BCUT2D eigenvalue weighted by Crippen LogP contribution is -2.05. The van der Waals surface area contributed by atoms with Gasteiger partial charge in [0, 0.05) is 23.4 Å². The summed E-state index contributed by atoms with van der Waals surface area (Å²) in [6.45, 7) is 0.189. The maximum Gasteiger partial charge on any atom is 0.307 e. The molecule has 4 aromatic rings. The number of nitro groups is 1. The van der Waals surface area contributed by atoms with E-state index in [2.05, 4.69) is 10.3 Å². The maximum atomic E-state index is 12.7. The molecule has 1 amide bonds. The van der Waals surface area contributed by atoms with Crippen LogP contribution in [0.5, 0.6) is 5.75 Å². The molecule has 0 radical (unpaired) electrons. The number of aliphatic carboxylic acids is 1. The Hall–Kier alpha value is -4.96. The monoisotopic (exact) mass is 539 g/mol. The summed E-state index contributed by atoms with van der Waals surface area (Å²) in [4.78, 5) is 38.6. The molecule has 0 spiro atoms. The van der Waals surface area contributed by atoms with E-state index in [4.69, 9.17) is 9.84 Å². The van der Waals surface area contributed by atoms with Gasteiger partial charge in [-0.05, 0) is 76.1 Å². The highest BCUT2D eigenvalue weighted by atomic mass is 32.2. The number of fused-ring (bicyclic) bond motifs is 1. The number of benzene rings is 4. The van der Waals surface area contributed by atoms with Gasteiger partial charge in [0.15, 0.2) is 5.17 Å². The summed E-state index contributed by atoms with van der Waals surface area (Å²) in [5.41, 5.74) is 2.82. The quantitative estimate of drug-likeness (QED) is 0.157. The number of hydrogen-bond donors (Lipinski definition) is 2. The molecule has 39 heavy (non-hydrogen) atoms. The third-order valence-corrected chi connectivity index (χ3v) is 6.79. The lowest BCUT2D eigenvalue weighted by Gasteiger charge is -2.12. The van der Waals surface area contributed by atoms with Crippen molar-refractivity contribution < 1.29 is 24.4 Å². The molecule has 0 aliphatic carbocycles. The van der Waals surface area contributed by atoms with Crippen LogP contribution in [-0.2, 0) is 22.6 Å². The first-order valence-electron chi connectivity index (χ1n) is 11.8. The van der Waals surface area contributed by atoms with Crippen LogP contribution in [0.3, 0.4) is 0 Å². The predicted molar refractivity (Wildman–Crippen MR) is 151 cm³/mol. The van der Waals surface area contributed by atoms with Gasteiger partial charge >= 0.3 is 5.97 Å². The molecule has 5 rings (SSSR count). The number of nitro benzene ring substituents is 1. The number of carboxylic acids is 1. The standard InChI is InChI=1S/C29H21N3O6S/c33-27(34)13-18-5-9-23(10-6-18)30-29-31-28(35)26(39-29)16-22-14-20-3-1-2-4-21(20)15-25(22)38-17-19-7-11-24(12-8-19)32(36)37/h1-12,14-16H,13,17H2,(H,33,34)(H,30,31,35). The van der Waals surface area contributed by atoms with E-state index in [-0.39, 0.29) is 24.6 Å². The molecule has 0 aromatic heterocycles. The predicted octanol–water partition coefficient (Wildman–Crippen LogP) is 6.04. The first-order valence-corrected chi connectivity index (χ1v) is 12.6. The topological polar surface area (TPSA) is 131 Å². The molecule has 0 saturated carbocycles. The van der Waals surface area contributed by atoms with Crippen molar-refractivity contribution in [3.05, 3.63) is 117 Å². The summed E-state index contributed by atoms with van der Waals surface area (Å²) in [5, 5.41) is 25.3. The molecule has 4 aromatic carbocycles. The van der Waals surface area contributed by atoms with E-state index in [1.54, 1.807) is 42.5 Å². The number of rotatable bonds is 8. The maximum absolute atomic E-state index is 12.7. The largest absolute Gasteiger partial charge is 0.488 e. The van der Waals surface area contributed by atoms with Crippen LogP contribution < -0.4 is 10.1 Å². The van der Waals surface area contributed by atoms with E-state index >= 15 is 0 Å². The molecular formula is C29H21N3O6S. The van der Waals surface area contributed by atoms with Crippen LogP contribution in [0.2, 0.25) is 0 Å². The van der Waals surface area contributed by atoms with Crippen LogP contribution in [0, 0.1) is 10.1 Å². The van der Waals surface area contributed by atoms with E-state index in [9.17, 15) is 19.7 Å². The highest BCUT2D eigenvalue weighted by molar-refractivity contribution is 8.18. The van der Waals surface area contributed by atoms with E-state index in [0.29, 0.717) is 32.6 Å². The summed E-state index contributed by atoms with van der Waals surface area (Å²) in [5.74, 6) is -0.737. The van der Waals surface area contributed by atoms with Gasteiger partial charge in [0.05, 0.1) is 16.2 Å². The molecule has 2 N–H and O–H groups in total. The molecule has 194 valence electrons. The zero-order valence-electron chi connectivity index (χ0n) is 20.4. The fourth-order valence-electron chi connectivity index (χ4n) is 3.96. The Morgan fingerprint density at radius 2 is 1.67 bits per heavy atom. The Kier molecular flexibility index (Phi) is 7.37. The van der Waals surface area contributed by atoms with Gasteiger partial charge < -0.3 is 15.2 Å². The number of amides is 1. The van der Waals surface area contributed by atoms with Crippen molar-refractivity contribution in [2.75, 3.05) is 5.32 Å². The van der Waals surface area contributed by atoms with Gasteiger partial charge in [-0.2, -0.15) is 4.99 Å². The average Bonchev–Trinajstić information content (AvgIpc) is 3.26. The third kappa shape index (κ3) is 6.31. The Morgan fingerprint density at radius 1 is 1.00 bits per heavy atom. The minimum Gasteiger partial charge on any atom is -0.488 e. The number of carboxylic acid groups (broad SMARTS) is 1. The number of hydrogen-bond acceptors (Lipinski definition) is 7. The van der Waals surface area contributed by atoms with Crippen molar-refractivity contribution in [2.45, 2.75) is 13.0 Å². The van der Waals surface area contributed by atoms with Crippen LogP contribution in [0.4, 0.5) is 11.4 Å². The summed E-state index contributed by atoms with van der Waals surface area (Å²) in [6.07, 6.45) is 1.67. The average molecular weight is 540 g/mol. The Morgan fingerprint density at radius 3 is 2.33 bits per heavy atom. The normalized spacial score (nSPS) is 13.9. The SMILES string of the molecule is O=C(O)Cc1ccc(NC2=NC(=O)C(=Cc3cc4ccccc4cc3OCc3ccc([N+](=O)[O-])cc3)S2)cc1. The van der Waals surface area contributed by atoms with Gasteiger partial charge in [0.2, 0.25) is 0 Å². The molecule has 0 fully saturated rings. The second kappa shape index (κ2) is 11.2. The molecule has 0 bridgehead atoms. The van der Waals surface area contributed by atoms with Crippen molar-refractivity contribution in [1.29, 1.82) is 0 Å². The van der Waals surface area contributed by atoms with E-state index < -0.39 is 10.9 Å². The zero-order chi connectivity index (χ0) is 27.4. The number of thioether (sulfide) groups is 1. The van der Waals surface area contributed by atoms with E-state index in [1.807, 2.05) is 36.4 Å². The van der Waals surface area contributed by atoms with Crippen molar-refractivity contribution in [1.82, 2.24) is 0 Å². The van der Waals surface area contributed by atoms with Gasteiger partial charge in [0.1, 0.15) is 12.4 Å². The fourth-order valence-corrected chi connectivity index (χ4v) is 4.78. The fraction of sp³-hybridized carbons (Fsp3) is 0.0690.